The summed E-state index contributed by atoms with van der Waals surface area (Å²) in [5, 5.41) is 2.94. The average molecular weight is 444 g/mol. The number of amides is 2. The van der Waals surface area contributed by atoms with Gasteiger partial charge in [0.1, 0.15) is 17.2 Å². The maximum atomic E-state index is 14.6. The monoisotopic (exact) mass is 443 g/mol. The van der Waals surface area contributed by atoms with Crippen LogP contribution in [0.25, 0.3) is 0 Å². The number of rotatable bonds is 4. The smallest absolute Gasteiger partial charge is 0.247 e. The van der Waals surface area contributed by atoms with Gasteiger partial charge >= 0.3 is 0 Å². The Morgan fingerprint density at radius 1 is 1.17 bits per heavy atom. The van der Waals surface area contributed by atoms with Crippen LogP contribution in [0.15, 0.2) is 18.2 Å². The number of carbonyl (C=O) groups excluding carboxylic acids is 2. The first-order valence-corrected chi connectivity index (χ1v) is 11.9. The van der Waals surface area contributed by atoms with Crippen LogP contribution in [0, 0.1) is 11.6 Å². The largest absolute Gasteiger partial charge is 0.351 e. The molecule has 1 atom stereocenters. The Balaban J connectivity index is 2.00. The van der Waals surface area contributed by atoms with Gasteiger partial charge in [0.15, 0.2) is 0 Å². The fraction of sp³-hybridized carbons (Fsp3) is 0.600. The molecule has 0 radical (unpaired) electrons. The lowest BCUT2D eigenvalue weighted by Gasteiger charge is -2.46. The molecule has 10 heteroatoms. The Kier molecular flexibility index (Phi) is 6.47. The minimum absolute atomic E-state index is 0.0968. The summed E-state index contributed by atoms with van der Waals surface area (Å²) in [5.41, 5.74) is -1.95. The number of anilines is 1. The van der Waals surface area contributed by atoms with Crippen molar-refractivity contribution in [1.29, 1.82) is 0 Å². The van der Waals surface area contributed by atoms with Gasteiger partial charge in [-0.15, -0.1) is 0 Å². The molecule has 0 bridgehead atoms. The quantitative estimate of drug-likeness (QED) is 0.723. The van der Waals surface area contributed by atoms with Crippen LogP contribution in [0.4, 0.5) is 14.5 Å². The normalized spacial score (nSPS) is 24.5. The van der Waals surface area contributed by atoms with E-state index in [1.165, 1.54) is 6.92 Å². The van der Waals surface area contributed by atoms with E-state index < -0.39 is 45.6 Å². The van der Waals surface area contributed by atoms with Gasteiger partial charge in [-0.25, -0.2) is 17.2 Å². The zero-order valence-electron chi connectivity index (χ0n) is 17.2. The highest BCUT2D eigenvalue weighted by Crippen LogP contribution is 2.33. The highest BCUT2D eigenvalue weighted by molar-refractivity contribution is 7.88. The molecular weight excluding hydrogens is 416 g/mol. The van der Waals surface area contributed by atoms with E-state index in [0.29, 0.717) is 6.07 Å². The maximum Gasteiger partial charge on any atom is 0.247 e. The number of sulfonamides is 1. The number of piperazine rings is 1. The average Bonchev–Trinajstić information content (AvgIpc) is 2.90. The molecule has 2 aliphatic rings. The number of nitrogens with one attached hydrogen (secondary N) is 1. The zero-order valence-corrected chi connectivity index (χ0v) is 18.0. The van der Waals surface area contributed by atoms with Crippen LogP contribution in [-0.4, -0.2) is 55.5 Å². The van der Waals surface area contributed by atoms with Crippen LogP contribution in [-0.2, 0) is 19.6 Å². The Bertz CT molecular complexity index is 932. The SMILES string of the molecule is CC1(C(=O)NC2CCCCCC2)CN(S(C)(=O)=O)CC(=O)N1c1ccc(F)cc1F. The van der Waals surface area contributed by atoms with Crippen molar-refractivity contribution >= 4 is 27.5 Å². The number of halogens is 2. The fourth-order valence-corrected chi connectivity index (χ4v) is 5.03. The highest BCUT2D eigenvalue weighted by Gasteiger charge is 2.51. The molecule has 30 heavy (non-hydrogen) atoms. The van der Waals surface area contributed by atoms with Gasteiger partial charge in [-0.05, 0) is 31.9 Å². The minimum atomic E-state index is -3.77. The van der Waals surface area contributed by atoms with Gasteiger partial charge in [0, 0.05) is 18.7 Å². The van der Waals surface area contributed by atoms with Gasteiger partial charge in [-0.3, -0.25) is 14.5 Å². The topological polar surface area (TPSA) is 86.8 Å². The number of benzene rings is 1. The van der Waals surface area contributed by atoms with Crippen molar-refractivity contribution in [3.63, 3.8) is 0 Å². The van der Waals surface area contributed by atoms with E-state index in [1.54, 1.807) is 0 Å². The van der Waals surface area contributed by atoms with Crippen molar-refractivity contribution in [2.24, 2.45) is 0 Å². The third-order valence-electron chi connectivity index (χ3n) is 5.84. The van der Waals surface area contributed by atoms with E-state index in [4.69, 9.17) is 0 Å². The Hall–Kier alpha value is -2.07. The predicted octanol–water partition coefficient (Wildman–Crippen LogP) is 2.17. The van der Waals surface area contributed by atoms with E-state index in [9.17, 15) is 26.8 Å². The molecule has 1 aliphatic heterocycles. The van der Waals surface area contributed by atoms with Gasteiger partial charge in [0.2, 0.25) is 21.8 Å². The second-order valence-electron chi connectivity index (χ2n) is 8.29. The van der Waals surface area contributed by atoms with Crippen molar-refractivity contribution in [1.82, 2.24) is 9.62 Å². The molecular formula is C20H27F2N3O4S. The third kappa shape index (κ3) is 4.64. The number of nitrogens with zero attached hydrogens (tertiary/aromatic N) is 2. The molecule has 1 unspecified atom stereocenters. The Morgan fingerprint density at radius 2 is 1.80 bits per heavy atom. The molecule has 2 fully saturated rings. The lowest BCUT2D eigenvalue weighted by molar-refractivity contribution is -0.133. The summed E-state index contributed by atoms with van der Waals surface area (Å²) in [4.78, 5) is 27.3. The first kappa shape index (κ1) is 22.6. The molecule has 1 aliphatic carbocycles. The lowest BCUT2D eigenvalue weighted by atomic mass is 9.93. The number of carbonyl (C=O) groups is 2. The van der Waals surface area contributed by atoms with Gasteiger partial charge < -0.3 is 5.32 Å². The maximum absolute atomic E-state index is 14.6. The van der Waals surface area contributed by atoms with Crippen LogP contribution in [0.1, 0.15) is 45.4 Å². The van der Waals surface area contributed by atoms with E-state index in [0.717, 1.165) is 66.1 Å². The number of hydrogen-bond acceptors (Lipinski definition) is 4. The first-order chi connectivity index (χ1) is 14.0. The second-order valence-corrected chi connectivity index (χ2v) is 10.3. The summed E-state index contributed by atoms with van der Waals surface area (Å²) < 4.78 is 53.2. The molecule has 1 aromatic rings. The highest BCUT2D eigenvalue weighted by atomic mass is 32.2. The van der Waals surface area contributed by atoms with Crippen LogP contribution in [0.2, 0.25) is 0 Å². The summed E-state index contributed by atoms with van der Waals surface area (Å²) in [6.07, 6.45) is 6.62. The number of hydrogen-bond donors (Lipinski definition) is 1. The van der Waals surface area contributed by atoms with Crippen molar-refractivity contribution < 1.29 is 26.8 Å². The van der Waals surface area contributed by atoms with E-state index in [-0.39, 0.29) is 18.3 Å². The van der Waals surface area contributed by atoms with Gasteiger partial charge in [-0.1, -0.05) is 25.7 Å². The molecule has 1 saturated carbocycles. The molecule has 0 aromatic heterocycles. The summed E-state index contributed by atoms with van der Waals surface area (Å²) in [7, 11) is -3.77. The van der Waals surface area contributed by atoms with E-state index >= 15 is 0 Å². The summed E-state index contributed by atoms with van der Waals surface area (Å²) in [6.45, 7) is 0.561. The van der Waals surface area contributed by atoms with Crippen molar-refractivity contribution in [3.05, 3.63) is 29.8 Å². The van der Waals surface area contributed by atoms with E-state index in [2.05, 4.69) is 5.32 Å². The van der Waals surface area contributed by atoms with Gasteiger partial charge in [-0.2, -0.15) is 4.31 Å². The molecule has 1 N–H and O–H groups in total. The summed E-state index contributed by atoms with van der Waals surface area (Å²) >= 11 is 0. The standard InChI is InChI=1S/C20H27F2N3O4S/c1-20(19(27)23-15-7-5-3-4-6-8-15)13-24(30(2,28)29)12-18(26)25(20)17-10-9-14(21)11-16(17)22/h9-11,15H,3-8,12-13H2,1-2H3,(H,23,27). The van der Waals surface area contributed by atoms with Crippen LogP contribution in [0.3, 0.4) is 0 Å². The molecule has 0 spiro atoms. The Labute approximate surface area is 175 Å². The summed E-state index contributed by atoms with van der Waals surface area (Å²) in [6, 6.07) is 2.63. The minimum Gasteiger partial charge on any atom is -0.351 e. The van der Waals surface area contributed by atoms with Crippen LogP contribution >= 0.6 is 0 Å². The molecule has 1 aromatic carbocycles. The molecule has 166 valence electrons. The third-order valence-corrected chi connectivity index (χ3v) is 7.03. The summed E-state index contributed by atoms with van der Waals surface area (Å²) in [5.74, 6) is -3.12. The zero-order chi connectivity index (χ0) is 22.1. The van der Waals surface area contributed by atoms with Crippen molar-refractivity contribution in [2.75, 3.05) is 24.2 Å². The van der Waals surface area contributed by atoms with E-state index in [1.807, 2.05) is 0 Å². The molecule has 1 heterocycles. The van der Waals surface area contributed by atoms with Crippen molar-refractivity contribution in [3.8, 4) is 0 Å². The molecule has 2 amide bonds. The fourth-order valence-electron chi connectivity index (χ4n) is 4.20. The molecule has 7 nitrogen and oxygen atoms in total. The van der Waals surface area contributed by atoms with Crippen LogP contribution in [0.5, 0.6) is 0 Å². The van der Waals surface area contributed by atoms with Gasteiger partial charge in [0.05, 0.1) is 18.5 Å². The second kappa shape index (κ2) is 8.58. The predicted molar refractivity (Wildman–Crippen MR) is 108 cm³/mol. The lowest BCUT2D eigenvalue weighted by Crippen LogP contribution is -2.70. The Morgan fingerprint density at radius 3 is 2.37 bits per heavy atom. The first-order valence-electron chi connectivity index (χ1n) is 10.1. The molecule has 1 saturated heterocycles. The molecule has 3 rings (SSSR count). The van der Waals surface area contributed by atoms with Gasteiger partial charge in [0.25, 0.3) is 0 Å². The van der Waals surface area contributed by atoms with Crippen molar-refractivity contribution in [2.45, 2.75) is 57.0 Å². The van der Waals surface area contributed by atoms with Crippen LogP contribution < -0.4 is 10.2 Å².